The number of pyridine rings is 1. The van der Waals surface area contributed by atoms with Crippen LogP contribution in [0.1, 0.15) is 31.7 Å². The molecule has 28 heavy (non-hydrogen) atoms. The summed E-state index contributed by atoms with van der Waals surface area (Å²) in [7, 11) is 1.65. The minimum absolute atomic E-state index is 0.0389. The lowest BCUT2D eigenvalue weighted by Crippen LogP contribution is -2.53. The highest BCUT2D eigenvalue weighted by Crippen LogP contribution is 2.37. The lowest BCUT2D eigenvalue weighted by molar-refractivity contribution is -0.122. The molecule has 1 aliphatic heterocycles. The number of methoxy groups -OCH3 is 1. The number of aromatic nitrogens is 1. The zero-order chi connectivity index (χ0) is 20.7. The third-order valence-electron chi connectivity index (χ3n) is 5.58. The second-order valence-corrected chi connectivity index (χ2v) is 7.27. The maximum Gasteiger partial charge on any atom is 0.290 e. The van der Waals surface area contributed by atoms with Crippen LogP contribution in [0.4, 0.5) is 5.82 Å². The largest absolute Gasteiger partial charge is 0.497 e. The van der Waals surface area contributed by atoms with E-state index in [1.807, 2.05) is 18.2 Å². The topological polar surface area (TPSA) is 103 Å². The van der Waals surface area contributed by atoms with Gasteiger partial charge in [-0.1, -0.05) is 13.3 Å². The fourth-order valence-corrected chi connectivity index (χ4v) is 3.93. The van der Waals surface area contributed by atoms with Crippen molar-refractivity contribution in [2.45, 2.75) is 39.2 Å². The van der Waals surface area contributed by atoms with E-state index in [9.17, 15) is 10.2 Å². The Morgan fingerprint density at radius 1 is 1.39 bits per heavy atom. The summed E-state index contributed by atoms with van der Waals surface area (Å²) >= 11 is 0. The first-order chi connectivity index (χ1) is 13.4. The molecule has 1 aromatic heterocycles. The third-order valence-corrected chi connectivity index (χ3v) is 5.58. The number of carbonyl (C=O) groups is 1. The molecule has 2 atom stereocenters. The number of carboxylic acid groups (broad SMARTS) is 1. The fourth-order valence-electron chi connectivity index (χ4n) is 3.93. The van der Waals surface area contributed by atoms with Gasteiger partial charge in [-0.05, 0) is 43.5 Å². The van der Waals surface area contributed by atoms with Crippen LogP contribution in [0.3, 0.4) is 0 Å². The van der Waals surface area contributed by atoms with Gasteiger partial charge in [0, 0.05) is 30.0 Å². The molecule has 0 spiro atoms. The number of aliphatic hydroxyl groups is 2. The number of rotatable bonds is 5. The molecule has 2 heterocycles. The standard InChI is InChI=1S/C20H28N2O3.CH2O2/c1-4-7-20(13-23)8-9-22(12-18(20)24)19-10-14(2)16-6-5-15(25-3)11-17(16)21-19;2-1-3/h5-6,10-11,18,23-24H,4,7-9,12-13H2,1-3H3;1H,(H,2,3)/t18-,20-;/m1./s1. The number of aryl methyl sites for hydroxylation is 1. The fraction of sp³-hybridized carbons (Fsp3) is 0.524. The number of anilines is 1. The van der Waals surface area contributed by atoms with Gasteiger partial charge in [0.15, 0.2) is 0 Å². The number of piperidine rings is 1. The minimum atomic E-state index is -0.547. The molecule has 0 saturated carbocycles. The van der Waals surface area contributed by atoms with E-state index in [2.05, 4.69) is 24.8 Å². The van der Waals surface area contributed by atoms with Gasteiger partial charge in [-0.25, -0.2) is 4.98 Å². The molecular weight excluding hydrogens is 360 g/mol. The van der Waals surface area contributed by atoms with Gasteiger partial charge in [-0.3, -0.25) is 4.79 Å². The first-order valence-corrected chi connectivity index (χ1v) is 9.51. The summed E-state index contributed by atoms with van der Waals surface area (Å²) in [5.41, 5.74) is 1.68. The van der Waals surface area contributed by atoms with Crippen molar-refractivity contribution < 1.29 is 24.9 Å². The summed E-state index contributed by atoms with van der Waals surface area (Å²) < 4.78 is 5.31. The highest BCUT2D eigenvalue weighted by atomic mass is 16.5. The number of hydrogen-bond donors (Lipinski definition) is 3. The number of nitrogens with zero attached hydrogens (tertiary/aromatic N) is 2. The number of ether oxygens (including phenoxy) is 1. The average Bonchev–Trinajstić information content (AvgIpc) is 2.69. The molecular formula is C21H30N2O5. The Kier molecular flexibility index (Phi) is 7.60. The van der Waals surface area contributed by atoms with Gasteiger partial charge in [0.25, 0.3) is 6.47 Å². The van der Waals surface area contributed by atoms with E-state index in [0.717, 1.165) is 53.8 Å². The molecule has 1 saturated heterocycles. The van der Waals surface area contributed by atoms with Crippen LogP contribution in [-0.2, 0) is 4.79 Å². The van der Waals surface area contributed by atoms with Gasteiger partial charge in [-0.2, -0.15) is 0 Å². The molecule has 1 aliphatic rings. The number of hydrogen-bond acceptors (Lipinski definition) is 6. The Morgan fingerprint density at radius 2 is 2.11 bits per heavy atom. The predicted octanol–water partition coefficient (Wildman–Crippen LogP) is 2.60. The Bertz CT molecular complexity index is 798. The first kappa shape index (κ1) is 21.9. The Labute approximate surface area is 165 Å². The van der Waals surface area contributed by atoms with E-state index in [-0.39, 0.29) is 18.5 Å². The molecule has 0 aliphatic carbocycles. The zero-order valence-corrected chi connectivity index (χ0v) is 16.8. The smallest absolute Gasteiger partial charge is 0.290 e. The number of benzene rings is 1. The molecule has 3 rings (SSSR count). The van der Waals surface area contributed by atoms with Crippen molar-refractivity contribution in [1.82, 2.24) is 4.98 Å². The van der Waals surface area contributed by atoms with Crippen molar-refractivity contribution in [3.05, 3.63) is 29.8 Å². The Hall–Kier alpha value is -2.38. The molecule has 7 heteroatoms. The first-order valence-electron chi connectivity index (χ1n) is 9.51. The van der Waals surface area contributed by atoms with Crippen molar-refractivity contribution in [1.29, 1.82) is 0 Å². The molecule has 0 bridgehead atoms. The molecule has 154 valence electrons. The van der Waals surface area contributed by atoms with Gasteiger partial charge < -0.3 is 25.0 Å². The van der Waals surface area contributed by atoms with Gasteiger partial charge in [-0.15, -0.1) is 0 Å². The molecule has 0 unspecified atom stereocenters. The minimum Gasteiger partial charge on any atom is -0.497 e. The van der Waals surface area contributed by atoms with Crippen LogP contribution in [0.25, 0.3) is 10.9 Å². The van der Waals surface area contributed by atoms with Crippen LogP contribution >= 0.6 is 0 Å². The maximum atomic E-state index is 10.7. The molecule has 1 fully saturated rings. The van der Waals surface area contributed by atoms with Crippen molar-refractivity contribution in [3.63, 3.8) is 0 Å². The number of fused-ring (bicyclic) bond motifs is 1. The summed E-state index contributed by atoms with van der Waals surface area (Å²) in [5.74, 6) is 1.66. The maximum absolute atomic E-state index is 10.7. The summed E-state index contributed by atoms with van der Waals surface area (Å²) in [6, 6.07) is 8.00. The summed E-state index contributed by atoms with van der Waals surface area (Å²) in [6.07, 6.45) is 2.04. The quantitative estimate of drug-likeness (QED) is 0.674. The Balaban J connectivity index is 0.000000878. The van der Waals surface area contributed by atoms with Crippen LogP contribution in [0.5, 0.6) is 5.75 Å². The van der Waals surface area contributed by atoms with Gasteiger partial charge in [0.1, 0.15) is 11.6 Å². The van der Waals surface area contributed by atoms with E-state index >= 15 is 0 Å². The molecule has 0 amide bonds. The van der Waals surface area contributed by atoms with Crippen LogP contribution in [-0.4, -0.2) is 59.7 Å². The van der Waals surface area contributed by atoms with Crippen molar-refractivity contribution in [2.75, 3.05) is 31.7 Å². The van der Waals surface area contributed by atoms with Crippen LogP contribution in [0.15, 0.2) is 24.3 Å². The highest BCUT2D eigenvalue weighted by Gasteiger charge is 2.41. The SMILES string of the molecule is CCC[C@]1(CO)CCN(c2cc(C)c3ccc(OC)cc3n2)C[C@H]1O.O=CO. The van der Waals surface area contributed by atoms with Crippen molar-refractivity contribution in [3.8, 4) is 5.75 Å². The second kappa shape index (κ2) is 9.71. The van der Waals surface area contributed by atoms with Crippen molar-refractivity contribution in [2.24, 2.45) is 5.41 Å². The molecule has 1 aromatic carbocycles. The summed E-state index contributed by atoms with van der Waals surface area (Å²) in [4.78, 5) is 15.3. The van der Waals surface area contributed by atoms with E-state index in [1.54, 1.807) is 7.11 Å². The third kappa shape index (κ3) is 4.54. The zero-order valence-electron chi connectivity index (χ0n) is 16.8. The monoisotopic (exact) mass is 390 g/mol. The predicted molar refractivity (Wildman–Crippen MR) is 109 cm³/mol. The lowest BCUT2D eigenvalue weighted by atomic mass is 9.73. The van der Waals surface area contributed by atoms with E-state index in [0.29, 0.717) is 6.54 Å². The van der Waals surface area contributed by atoms with Gasteiger partial charge in [0.05, 0.1) is 25.3 Å². The van der Waals surface area contributed by atoms with E-state index in [4.69, 9.17) is 19.6 Å². The highest BCUT2D eigenvalue weighted by molar-refractivity contribution is 5.85. The van der Waals surface area contributed by atoms with Gasteiger partial charge in [0.2, 0.25) is 0 Å². The van der Waals surface area contributed by atoms with Crippen LogP contribution in [0, 0.1) is 12.3 Å². The molecule has 7 nitrogen and oxygen atoms in total. The Morgan fingerprint density at radius 3 is 2.68 bits per heavy atom. The van der Waals surface area contributed by atoms with Gasteiger partial charge >= 0.3 is 0 Å². The van der Waals surface area contributed by atoms with Crippen molar-refractivity contribution >= 4 is 23.2 Å². The molecule has 0 radical (unpaired) electrons. The number of aliphatic hydroxyl groups excluding tert-OH is 2. The summed E-state index contributed by atoms with van der Waals surface area (Å²) in [5, 5.41) is 28.5. The number of β-amino-alcohol motifs (C(OH)–C–C–N with tert-alkyl or cyclic N) is 1. The average molecular weight is 390 g/mol. The lowest BCUT2D eigenvalue weighted by Gasteiger charge is -2.45. The van der Waals surface area contributed by atoms with E-state index < -0.39 is 6.10 Å². The summed E-state index contributed by atoms with van der Waals surface area (Å²) in [6.45, 7) is 5.26. The van der Waals surface area contributed by atoms with Crippen LogP contribution < -0.4 is 9.64 Å². The van der Waals surface area contributed by atoms with Crippen LogP contribution in [0.2, 0.25) is 0 Å². The second-order valence-electron chi connectivity index (χ2n) is 7.27. The van der Waals surface area contributed by atoms with E-state index in [1.165, 1.54) is 0 Å². The molecule has 3 N–H and O–H groups in total. The normalized spacial score (nSPS) is 21.8. The molecule has 2 aromatic rings.